The van der Waals surface area contributed by atoms with Gasteiger partial charge in [-0.15, -0.1) is 0 Å². The van der Waals surface area contributed by atoms with Crippen LogP contribution < -0.4 is 10.6 Å². The van der Waals surface area contributed by atoms with Gasteiger partial charge in [-0.3, -0.25) is 9.59 Å². The Balaban J connectivity index is 1.65. The number of amides is 2. The summed E-state index contributed by atoms with van der Waals surface area (Å²) in [5.41, 5.74) is 0.348. The number of aromatic nitrogens is 5. The van der Waals surface area contributed by atoms with Gasteiger partial charge in [0.25, 0.3) is 5.91 Å². The molecule has 17 heteroatoms. The van der Waals surface area contributed by atoms with E-state index in [9.17, 15) is 40.3 Å². The molecular formula is C24H26F7N7O3. The molecular weight excluding hydrogens is 567 g/mol. The van der Waals surface area contributed by atoms with Crippen molar-refractivity contribution >= 4 is 17.5 Å². The molecule has 1 unspecified atom stereocenters. The van der Waals surface area contributed by atoms with E-state index in [1.807, 2.05) is 0 Å². The molecule has 224 valence electrons. The summed E-state index contributed by atoms with van der Waals surface area (Å²) in [6.45, 7) is 0.0322. The minimum atomic E-state index is -4.74. The Labute approximate surface area is 228 Å². The molecule has 10 nitrogen and oxygen atoms in total. The van der Waals surface area contributed by atoms with Crippen molar-refractivity contribution in [3.8, 4) is 0 Å². The molecule has 1 aliphatic rings. The molecule has 1 saturated carbocycles. The molecule has 0 saturated heterocycles. The zero-order valence-electron chi connectivity index (χ0n) is 21.6. The van der Waals surface area contributed by atoms with Crippen LogP contribution in [-0.2, 0) is 11.2 Å². The number of hydrogen-bond acceptors (Lipinski definition) is 7. The Bertz CT molecular complexity index is 1370. The van der Waals surface area contributed by atoms with Crippen molar-refractivity contribution in [3.63, 3.8) is 0 Å². The van der Waals surface area contributed by atoms with Gasteiger partial charge in [-0.05, 0) is 42.0 Å². The van der Waals surface area contributed by atoms with Crippen molar-refractivity contribution in [2.24, 2.45) is 5.92 Å². The van der Waals surface area contributed by atoms with Gasteiger partial charge in [-0.25, -0.2) is 31.7 Å². The number of halogens is 7. The monoisotopic (exact) mass is 593 g/mol. The molecule has 3 aromatic heterocycles. The number of nitrogens with one attached hydrogen (secondary N) is 2. The van der Waals surface area contributed by atoms with E-state index >= 15 is 0 Å². The third kappa shape index (κ3) is 7.49. The summed E-state index contributed by atoms with van der Waals surface area (Å²) in [7, 11) is 0. The number of aryl methyl sites for hydroxylation is 1. The number of alkyl halides is 7. The fourth-order valence-corrected chi connectivity index (χ4v) is 4.78. The lowest BCUT2D eigenvalue weighted by atomic mass is 9.81. The summed E-state index contributed by atoms with van der Waals surface area (Å²) in [4.78, 5) is 29.8. The number of hydrogen-bond donors (Lipinski definition) is 2. The van der Waals surface area contributed by atoms with E-state index in [1.165, 1.54) is 16.8 Å². The van der Waals surface area contributed by atoms with Gasteiger partial charge in [0.15, 0.2) is 11.3 Å². The molecule has 1 fully saturated rings. The maximum Gasteiger partial charge on any atom is 0.405 e. The average molecular weight is 594 g/mol. The van der Waals surface area contributed by atoms with Gasteiger partial charge < -0.3 is 10.6 Å². The Morgan fingerprint density at radius 3 is 2.54 bits per heavy atom. The molecule has 0 spiro atoms. The van der Waals surface area contributed by atoms with E-state index in [4.69, 9.17) is 0 Å². The summed E-state index contributed by atoms with van der Waals surface area (Å²) < 4.78 is 97.8. The lowest BCUT2D eigenvalue weighted by molar-refractivity contribution is -0.139. The first kappa shape index (κ1) is 30.2. The second kappa shape index (κ2) is 12.0. The van der Waals surface area contributed by atoms with E-state index in [2.05, 4.69) is 30.3 Å². The Morgan fingerprint density at radius 1 is 1.20 bits per heavy atom. The molecule has 2 N–H and O–H groups in total. The van der Waals surface area contributed by atoms with Crippen molar-refractivity contribution < 1.29 is 45.0 Å². The SMILES string of the molecule is CCc1nonc1C(=O)N[C@H](c1cn2ncc(C(CC(F)F)C(=O)NCC(F)(F)F)cc2n1)C1CCC(F)(F)CC1. The van der Waals surface area contributed by atoms with Crippen molar-refractivity contribution in [3.05, 3.63) is 41.1 Å². The first-order chi connectivity index (χ1) is 19.3. The highest BCUT2D eigenvalue weighted by Gasteiger charge is 2.40. The molecule has 0 aromatic carbocycles. The van der Waals surface area contributed by atoms with E-state index in [-0.39, 0.29) is 41.1 Å². The van der Waals surface area contributed by atoms with Crippen LogP contribution in [0.15, 0.2) is 23.1 Å². The first-order valence-electron chi connectivity index (χ1n) is 12.7. The number of carbonyl (C=O) groups excluding carboxylic acids is 2. The number of nitrogens with zero attached hydrogens (tertiary/aromatic N) is 5. The minimum Gasteiger partial charge on any atom is -0.346 e. The highest BCUT2D eigenvalue weighted by molar-refractivity contribution is 5.93. The molecule has 41 heavy (non-hydrogen) atoms. The predicted octanol–water partition coefficient (Wildman–Crippen LogP) is 4.39. The molecule has 2 atom stereocenters. The van der Waals surface area contributed by atoms with E-state index < -0.39 is 74.0 Å². The average Bonchev–Trinajstić information content (AvgIpc) is 3.55. The van der Waals surface area contributed by atoms with Crippen molar-refractivity contribution in [2.45, 2.75) is 75.9 Å². The van der Waals surface area contributed by atoms with Gasteiger partial charge in [0.2, 0.25) is 18.3 Å². The topological polar surface area (TPSA) is 127 Å². The van der Waals surface area contributed by atoms with Crippen LogP contribution in [-0.4, -0.2) is 61.8 Å². The first-order valence-corrected chi connectivity index (χ1v) is 12.7. The van der Waals surface area contributed by atoms with Gasteiger partial charge in [-0.1, -0.05) is 12.1 Å². The largest absolute Gasteiger partial charge is 0.405 e. The van der Waals surface area contributed by atoms with Crippen LogP contribution in [0, 0.1) is 5.92 Å². The fourth-order valence-electron chi connectivity index (χ4n) is 4.78. The Hall–Kier alpha value is -3.79. The van der Waals surface area contributed by atoms with E-state index in [0.717, 1.165) is 6.20 Å². The van der Waals surface area contributed by atoms with Gasteiger partial charge in [0, 0.05) is 19.3 Å². The lowest BCUT2D eigenvalue weighted by Crippen LogP contribution is -2.37. The summed E-state index contributed by atoms with van der Waals surface area (Å²) >= 11 is 0. The van der Waals surface area contributed by atoms with Crippen LogP contribution in [0.5, 0.6) is 0 Å². The van der Waals surface area contributed by atoms with Gasteiger partial charge >= 0.3 is 6.18 Å². The standard InChI is InChI=1S/C24H26F7N7O3/c1-2-15-20(37-41-36-15)22(40)35-19(12-3-5-23(27,28)6-4-12)16-10-38-18(34-16)7-13(9-33-38)14(8-17(25)26)21(39)32-11-24(29,30)31/h7,9-10,12,14,17,19H,2-6,8,11H2,1H3,(H,32,39)(H,35,40)/t14?,19-/m0/s1. The molecule has 1 aliphatic carbocycles. The predicted molar refractivity (Wildman–Crippen MR) is 126 cm³/mol. The van der Waals surface area contributed by atoms with E-state index in [1.54, 1.807) is 12.2 Å². The van der Waals surface area contributed by atoms with Crippen molar-refractivity contribution in [1.82, 2.24) is 35.5 Å². The fraction of sp³-hybridized carbons (Fsp3) is 0.583. The molecule has 3 aromatic rings. The van der Waals surface area contributed by atoms with Crippen LogP contribution in [0.3, 0.4) is 0 Å². The number of rotatable bonds is 10. The highest BCUT2D eigenvalue weighted by Crippen LogP contribution is 2.41. The number of carbonyl (C=O) groups is 2. The van der Waals surface area contributed by atoms with E-state index in [0.29, 0.717) is 6.42 Å². The second-order valence-corrected chi connectivity index (χ2v) is 9.83. The lowest BCUT2D eigenvalue weighted by Gasteiger charge is -2.33. The number of imidazole rings is 1. The summed E-state index contributed by atoms with van der Waals surface area (Å²) in [5.74, 6) is -6.90. The molecule has 0 bridgehead atoms. The minimum absolute atomic E-state index is 0.0399. The van der Waals surface area contributed by atoms with Gasteiger partial charge in [0.05, 0.1) is 30.0 Å². The summed E-state index contributed by atoms with van der Waals surface area (Å²) in [6.07, 6.45) is -6.72. The van der Waals surface area contributed by atoms with Gasteiger partial charge in [-0.2, -0.15) is 18.3 Å². The molecule has 2 amide bonds. The Kier molecular flexibility index (Phi) is 8.82. The zero-order chi connectivity index (χ0) is 29.9. The van der Waals surface area contributed by atoms with Crippen LogP contribution in [0.2, 0.25) is 0 Å². The van der Waals surface area contributed by atoms with Crippen LogP contribution in [0.25, 0.3) is 5.65 Å². The summed E-state index contributed by atoms with van der Waals surface area (Å²) in [5, 5.41) is 15.7. The molecule has 0 aliphatic heterocycles. The Morgan fingerprint density at radius 2 is 1.90 bits per heavy atom. The molecule has 3 heterocycles. The normalized spacial score (nSPS) is 17.5. The van der Waals surface area contributed by atoms with Crippen molar-refractivity contribution in [2.75, 3.05) is 6.54 Å². The van der Waals surface area contributed by atoms with Gasteiger partial charge in [0.1, 0.15) is 12.2 Å². The number of fused-ring (bicyclic) bond motifs is 1. The molecule has 4 rings (SSSR count). The van der Waals surface area contributed by atoms with Crippen molar-refractivity contribution in [1.29, 1.82) is 0 Å². The van der Waals surface area contributed by atoms with Crippen LogP contribution in [0.1, 0.15) is 78.4 Å². The van der Waals surface area contributed by atoms with Crippen LogP contribution in [0.4, 0.5) is 30.7 Å². The maximum atomic E-state index is 13.9. The maximum absolute atomic E-state index is 13.9. The summed E-state index contributed by atoms with van der Waals surface area (Å²) in [6, 6.07) is 0.332. The zero-order valence-corrected chi connectivity index (χ0v) is 21.6. The second-order valence-electron chi connectivity index (χ2n) is 9.83. The third-order valence-corrected chi connectivity index (χ3v) is 6.90. The smallest absolute Gasteiger partial charge is 0.346 e. The van der Waals surface area contributed by atoms with Crippen LogP contribution >= 0.6 is 0 Å². The third-order valence-electron chi connectivity index (χ3n) is 6.90. The highest BCUT2D eigenvalue weighted by atomic mass is 19.4. The molecule has 0 radical (unpaired) electrons. The quantitative estimate of drug-likeness (QED) is 0.334.